The molecule has 6 rings (SSSR count). The first kappa shape index (κ1) is 39.2. The fourth-order valence-electron chi connectivity index (χ4n) is 7.68. The smallest absolute Gasteiger partial charge is 0.315 e. The lowest BCUT2D eigenvalue weighted by Gasteiger charge is -2.33. The number of nitrogens with zero attached hydrogens (tertiary/aromatic N) is 3. The molecular weight excluding hydrogens is 715 g/mol. The first-order valence-corrected chi connectivity index (χ1v) is 20.6. The predicted octanol–water partition coefficient (Wildman–Crippen LogP) is 2.73. The Morgan fingerprint density at radius 1 is 1.06 bits per heavy atom. The van der Waals surface area contributed by atoms with Crippen molar-refractivity contribution in [3.8, 4) is 5.88 Å². The number of hydrogen-bond donors (Lipinski definition) is 4. The molecule has 1 saturated heterocycles. The van der Waals surface area contributed by atoms with Crippen LogP contribution in [0.2, 0.25) is 0 Å². The van der Waals surface area contributed by atoms with E-state index < -0.39 is 74.2 Å². The van der Waals surface area contributed by atoms with Crippen LogP contribution < -0.4 is 31.0 Å². The number of allylic oxidation sites excluding steroid dienone is 1. The van der Waals surface area contributed by atoms with Gasteiger partial charge < -0.3 is 25.6 Å². The van der Waals surface area contributed by atoms with Crippen LogP contribution in [0.3, 0.4) is 0 Å². The fourth-order valence-corrected chi connectivity index (χ4v) is 9.04. The molecule has 1 aromatic carbocycles. The number of aromatic nitrogens is 2. The van der Waals surface area contributed by atoms with Crippen LogP contribution >= 0.6 is 0 Å². The molecule has 54 heavy (non-hydrogen) atoms. The second-order valence-corrected chi connectivity index (χ2v) is 18.5. The van der Waals surface area contributed by atoms with Gasteiger partial charge in [0, 0.05) is 24.4 Å². The Kier molecular flexibility index (Phi) is 10.9. The van der Waals surface area contributed by atoms with E-state index >= 15 is 0 Å². The second kappa shape index (κ2) is 15.0. The summed E-state index contributed by atoms with van der Waals surface area (Å²) in [6.07, 6.45) is 6.23. The lowest BCUT2D eigenvalue weighted by atomic mass is 9.88. The van der Waals surface area contributed by atoms with Crippen LogP contribution in [0, 0.1) is 17.8 Å². The summed E-state index contributed by atoms with van der Waals surface area (Å²) in [7, 11) is -3.91. The summed E-state index contributed by atoms with van der Waals surface area (Å²) in [5.41, 5.74) is -2.39. The maximum Gasteiger partial charge on any atom is 0.315 e. The first-order chi connectivity index (χ1) is 25.4. The van der Waals surface area contributed by atoms with E-state index in [9.17, 15) is 32.4 Å². The number of fused-ring (bicyclic) bond motifs is 3. The van der Waals surface area contributed by atoms with Crippen LogP contribution in [-0.4, -0.2) is 87.9 Å². The van der Waals surface area contributed by atoms with Crippen LogP contribution in [0.15, 0.2) is 41.2 Å². The van der Waals surface area contributed by atoms with Crippen molar-refractivity contribution in [2.75, 3.05) is 6.54 Å². The number of carbonyl (C=O) groups is 4. The molecule has 2 aromatic rings. The number of rotatable bonds is 7. The SMILES string of the molecule is CCn1nc(O[C@@H]2C[C@H]3C(=O)NC4(C(=O)NS(=O)(=O)C5CC5)CC4/C=C\CC[C@@H](C)C[C@@H](C)[C@H](NC(=O)NC(C)(C)C)C(=O)N3C2)c2ccccc2c1=O. The zero-order valence-electron chi connectivity index (χ0n) is 31.9. The van der Waals surface area contributed by atoms with E-state index in [4.69, 9.17) is 4.74 Å². The number of hydrogen-bond acceptors (Lipinski definition) is 9. The molecule has 5 amide bonds. The summed E-state index contributed by atoms with van der Waals surface area (Å²) < 4.78 is 35.7. The van der Waals surface area contributed by atoms with Crippen molar-refractivity contribution in [2.24, 2.45) is 17.8 Å². The molecular formula is C38H53N7O8S. The van der Waals surface area contributed by atoms with Gasteiger partial charge in [-0.15, -0.1) is 5.10 Å². The van der Waals surface area contributed by atoms with E-state index in [-0.39, 0.29) is 49.2 Å². The Hall–Kier alpha value is -4.47. The highest BCUT2D eigenvalue weighted by atomic mass is 32.2. The maximum atomic E-state index is 14.8. The van der Waals surface area contributed by atoms with E-state index in [0.717, 1.165) is 6.42 Å². The van der Waals surface area contributed by atoms with Crippen LogP contribution in [0.25, 0.3) is 10.8 Å². The Balaban J connectivity index is 1.37. The van der Waals surface area contributed by atoms with Crippen LogP contribution in [0.1, 0.15) is 86.5 Å². The minimum Gasteiger partial charge on any atom is -0.471 e. The van der Waals surface area contributed by atoms with Gasteiger partial charge in [0.1, 0.15) is 23.7 Å². The van der Waals surface area contributed by atoms with Crippen LogP contribution in [0.4, 0.5) is 4.79 Å². The average Bonchev–Trinajstić information content (AvgIpc) is 4.02. The lowest BCUT2D eigenvalue weighted by Crippen LogP contribution is -2.60. The summed E-state index contributed by atoms with van der Waals surface area (Å²) in [6, 6.07) is 4.23. The minimum atomic E-state index is -3.91. The Labute approximate surface area is 316 Å². The molecule has 0 spiro atoms. The van der Waals surface area contributed by atoms with Gasteiger partial charge in [0.25, 0.3) is 11.5 Å². The van der Waals surface area contributed by atoms with Gasteiger partial charge in [0.15, 0.2) is 0 Å². The largest absolute Gasteiger partial charge is 0.471 e. The molecule has 4 N–H and O–H groups in total. The normalized spacial score (nSPS) is 29.9. The summed E-state index contributed by atoms with van der Waals surface area (Å²) in [4.78, 5) is 70.7. The Bertz CT molecular complexity index is 2010. The average molecular weight is 768 g/mol. The van der Waals surface area contributed by atoms with Gasteiger partial charge in [-0.1, -0.05) is 38.1 Å². The standard InChI is InChI=1S/C38H53N7O8S/c1-7-45-33(47)28-15-11-10-14-27(28)32(42-45)53-25-19-29-31(46)40-38(35(49)43-54(51,52)26-16-17-26)20-24(38)13-9-8-12-22(2)18-23(3)30(34(48)44(29)21-25)39-36(50)41-37(4,5)6/h9-11,13-15,22-26,29-30H,7-8,12,16-21H2,1-6H3,(H,40,46)(H,43,49)(H2,39,41,50)/b13-9-/t22-,23-,24?,25-,29+,30+,38?/m1/s1. The molecule has 3 heterocycles. The molecule has 16 heteroatoms. The quantitative estimate of drug-likeness (QED) is 0.306. The number of carbonyl (C=O) groups excluding carboxylic acids is 4. The molecule has 15 nitrogen and oxygen atoms in total. The van der Waals surface area contributed by atoms with Crippen LogP contribution in [0.5, 0.6) is 5.88 Å². The summed E-state index contributed by atoms with van der Waals surface area (Å²) >= 11 is 0. The zero-order valence-corrected chi connectivity index (χ0v) is 32.7. The zero-order chi connectivity index (χ0) is 39.2. The molecule has 3 fully saturated rings. The van der Waals surface area contributed by atoms with E-state index in [2.05, 4.69) is 32.7 Å². The van der Waals surface area contributed by atoms with Gasteiger partial charge in [-0.05, 0) is 90.2 Å². The number of urea groups is 1. The van der Waals surface area contributed by atoms with Gasteiger partial charge in [-0.25, -0.2) is 17.9 Å². The van der Waals surface area contributed by atoms with Gasteiger partial charge in [0.05, 0.1) is 22.6 Å². The highest BCUT2D eigenvalue weighted by Gasteiger charge is 2.62. The number of aryl methyl sites for hydroxylation is 1. The van der Waals surface area contributed by atoms with Gasteiger partial charge in [-0.3, -0.25) is 23.9 Å². The number of sulfonamides is 1. The fraction of sp³-hybridized carbons (Fsp3) is 0.632. The minimum absolute atomic E-state index is 0.00308. The second-order valence-electron chi connectivity index (χ2n) is 16.6. The predicted molar refractivity (Wildman–Crippen MR) is 202 cm³/mol. The van der Waals surface area contributed by atoms with Gasteiger partial charge in [0.2, 0.25) is 27.7 Å². The van der Waals surface area contributed by atoms with Crippen molar-refractivity contribution >= 4 is 44.5 Å². The highest BCUT2D eigenvalue weighted by molar-refractivity contribution is 7.91. The van der Waals surface area contributed by atoms with Gasteiger partial charge >= 0.3 is 6.03 Å². The highest BCUT2D eigenvalue weighted by Crippen LogP contribution is 2.46. The summed E-state index contributed by atoms with van der Waals surface area (Å²) in [5, 5.41) is 13.4. The number of nitrogens with one attached hydrogen (secondary N) is 4. The van der Waals surface area contributed by atoms with Crippen molar-refractivity contribution in [1.82, 2.24) is 35.4 Å². The molecule has 4 aliphatic rings. The third-order valence-corrected chi connectivity index (χ3v) is 12.6. The van der Waals surface area contributed by atoms with Crippen molar-refractivity contribution in [3.63, 3.8) is 0 Å². The number of benzene rings is 1. The van der Waals surface area contributed by atoms with Crippen LogP contribution in [-0.2, 0) is 31.0 Å². The molecule has 2 unspecified atom stereocenters. The van der Waals surface area contributed by atoms with Crippen molar-refractivity contribution in [1.29, 1.82) is 0 Å². The summed E-state index contributed by atoms with van der Waals surface area (Å²) in [5.74, 6) is -2.38. The van der Waals surface area contributed by atoms with Crippen molar-refractivity contribution in [2.45, 2.75) is 128 Å². The molecule has 2 aliphatic heterocycles. The molecule has 0 bridgehead atoms. The summed E-state index contributed by atoms with van der Waals surface area (Å²) in [6.45, 7) is 11.5. The number of amides is 5. The first-order valence-electron chi connectivity index (χ1n) is 19.0. The van der Waals surface area contributed by atoms with E-state index in [1.165, 1.54) is 9.58 Å². The monoisotopic (exact) mass is 767 g/mol. The molecule has 2 saturated carbocycles. The topological polar surface area (TPSA) is 198 Å². The van der Waals surface area contributed by atoms with E-state index in [1.54, 1.807) is 31.2 Å². The van der Waals surface area contributed by atoms with E-state index in [1.807, 2.05) is 39.8 Å². The molecule has 2 aliphatic carbocycles. The Morgan fingerprint density at radius 3 is 2.43 bits per heavy atom. The van der Waals surface area contributed by atoms with Crippen molar-refractivity contribution < 1.29 is 32.3 Å². The van der Waals surface area contributed by atoms with Crippen molar-refractivity contribution in [3.05, 3.63) is 46.8 Å². The Morgan fingerprint density at radius 2 is 1.76 bits per heavy atom. The van der Waals surface area contributed by atoms with E-state index in [0.29, 0.717) is 36.5 Å². The molecule has 1 aromatic heterocycles. The number of ether oxygens (including phenoxy) is 1. The van der Waals surface area contributed by atoms with Gasteiger partial charge in [-0.2, -0.15) is 0 Å². The molecule has 294 valence electrons. The maximum absolute atomic E-state index is 14.8. The molecule has 7 atom stereocenters. The third-order valence-electron chi connectivity index (χ3n) is 10.8. The molecule has 0 radical (unpaired) electrons. The lowest BCUT2D eigenvalue weighted by molar-refractivity contribution is -0.142. The third kappa shape index (κ3) is 8.42.